The summed E-state index contributed by atoms with van der Waals surface area (Å²) in [5.74, 6) is -0.693. The lowest BCUT2D eigenvalue weighted by Crippen LogP contribution is -2.53. The summed E-state index contributed by atoms with van der Waals surface area (Å²) in [5.41, 5.74) is 3.18. The Morgan fingerprint density at radius 1 is 0.927 bits per heavy atom. The zero-order chi connectivity index (χ0) is 29.6. The Morgan fingerprint density at radius 3 is 2.27 bits per heavy atom. The number of benzene rings is 3. The fourth-order valence-corrected chi connectivity index (χ4v) is 6.95. The van der Waals surface area contributed by atoms with Gasteiger partial charge in [0.15, 0.2) is 0 Å². The Balaban J connectivity index is 1.68. The molecule has 1 fully saturated rings. The molecule has 1 N–H and O–H groups in total. The molecule has 0 radical (unpaired) electrons. The maximum atomic E-state index is 14.1. The molecule has 0 saturated heterocycles. The van der Waals surface area contributed by atoms with Crippen LogP contribution in [-0.2, 0) is 26.2 Å². The third-order valence-electron chi connectivity index (χ3n) is 7.54. The highest BCUT2D eigenvalue weighted by atomic mass is 79.9. The number of aryl methyl sites for hydroxylation is 2. The minimum absolute atomic E-state index is 0.0872. The van der Waals surface area contributed by atoms with Gasteiger partial charge in [-0.15, -0.1) is 0 Å². The number of carbonyl (C=O) groups is 2. The van der Waals surface area contributed by atoms with Crippen LogP contribution < -0.4 is 9.62 Å². The molecule has 7 nitrogen and oxygen atoms in total. The van der Waals surface area contributed by atoms with E-state index in [1.54, 1.807) is 55.5 Å². The molecule has 3 aromatic carbocycles. The average molecular weight is 641 g/mol. The number of anilines is 1. The Kier molecular flexibility index (Phi) is 10.3. The first-order valence-electron chi connectivity index (χ1n) is 14.0. The number of amides is 2. The SMILES string of the molecule is Cc1ccc(S(=O)(=O)N(CC(=O)N(Cc2cccc(C)c2)[C@@H](C)C(=O)NC2CCCCC2)c2cccc(Br)c2)cc1. The number of carbonyl (C=O) groups excluding carboxylic acids is 2. The molecule has 1 aliphatic rings. The number of nitrogens with one attached hydrogen (secondary N) is 1. The molecule has 1 aliphatic carbocycles. The highest BCUT2D eigenvalue weighted by Gasteiger charge is 2.33. The molecule has 218 valence electrons. The van der Waals surface area contributed by atoms with Crippen molar-refractivity contribution in [2.45, 2.75) is 76.4 Å². The van der Waals surface area contributed by atoms with Gasteiger partial charge in [0.05, 0.1) is 10.6 Å². The third-order valence-corrected chi connectivity index (χ3v) is 9.82. The third kappa shape index (κ3) is 7.98. The summed E-state index contributed by atoms with van der Waals surface area (Å²) < 4.78 is 29.7. The normalized spacial score (nSPS) is 14.7. The van der Waals surface area contributed by atoms with Crippen LogP contribution in [0.2, 0.25) is 0 Å². The van der Waals surface area contributed by atoms with E-state index in [-0.39, 0.29) is 23.4 Å². The maximum Gasteiger partial charge on any atom is 0.264 e. The second-order valence-corrected chi connectivity index (χ2v) is 13.6. The van der Waals surface area contributed by atoms with Crippen LogP contribution in [0, 0.1) is 13.8 Å². The van der Waals surface area contributed by atoms with Gasteiger partial charge in [0.25, 0.3) is 10.0 Å². The molecule has 0 heterocycles. The lowest BCUT2D eigenvalue weighted by molar-refractivity contribution is -0.139. The fraction of sp³-hybridized carbons (Fsp3) is 0.375. The molecule has 1 saturated carbocycles. The molecule has 2 amide bonds. The molecule has 0 spiro atoms. The summed E-state index contributed by atoms with van der Waals surface area (Å²) in [6.07, 6.45) is 5.17. The number of sulfonamides is 1. The van der Waals surface area contributed by atoms with E-state index >= 15 is 0 Å². The summed E-state index contributed by atoms with van der Waals surface area (Å²) in [7, 11) is -4.10. The number of hydrogen-bond acceptors (Lipinski definition) is 4. The monoisotopic (exact) mass is 639 g/mol. The summed E-state index contributed by atoms with van der Waals surface area (Å²) in [4.78, 5) is 29.1. The van der Waals surface area contributed by atoms with Gasteiger partial charge in [-0.1, -0.05) is 88.8 Å². The molecule has 3 aromatic rings. The van der Waals surface area contributed by atoms with Gasteiger partial charge in [0, 0.05) is 17.1 Å². The van der Waals surface area contributed by atoms with Gasteiger partial charge in [0.1, 0.15) is 12.6 Å². The van der Waals surface area contributed by atoms with Crippen LogP contribution in [0.3, 0.4) is 0 Å². The largest absolute Gasteiger partial charge is 0.352 e. The average Bonchev–Trinajstić information content (AvgIpc) is 2.95. The zero-order valence-electron chi connectivity index (χ0n) is 23.8. The molecule has 9 heteroatoms. The standard InChI is InChI=1S/C32H38BrN3O4S/c1-23-15-17-30(18-16-23)41(39,40)36(29-14-8-11-27(33)20-29)22-31(37)35(21-26-10-7-9-24(2)19-26)25(3)32(38)34-28-12-5-4-6-13-28/h7-11,14-20,25,28H,4-6,12-13,21-22H2,1-3H3,(H,34,38)/t25-/m0/s1. The molecule has 0 unspecified atom stereocenters. The van der Waals surface area contributed by atoms with Gasteiger partial charge in [-0.2, -0.15) is 0 Å². The molecular weight excluding hydrogens is 602 g/mol. The van der Waals surface area contributed by atoms with Gasteiger partial charge >= 0.3 is 0 Å². The van der Waals surface area contributed by atoms with Crippen molar-refractivity contribution < 1.29 is 18.0 Å². The number of nitrogens with zero attached hydrogens (tertiary/aromatic N) is 2. The van der Waals surface area contributed by atoms with Gasteiger partial charge in [-0.05, 0) is 69.5 Å². The minimum atomic E-state index is -4.10. The molecule has 0 aliphatic heterocycles. The Bertz CT molecular complexity index is 1470. The van der Waals surface area contributed by atoms with Gasteiger partial charge in [-0.25, -0.2) is 8.42 Å². The zero-order valence-corrected chi connectivity index (χ0v) is 26.2. The highest BCUT2D eigenvalue weighted by molar-refractivity contribution is 9.10. The predicted octanol–water partition coefficient (Wildman–Crippen LogP) is 6.13. The molecular formula is C32H38BrN3O4S. The summed E-state index contributed by atoms with van der Waals surface area (Å²) in [6, 6.07) is 20.5. The van der Waals surface area contributed by atoms with Crippen LogP contribution in [0.4, 0.5) is 5.69 Å². The van der Waals surface area contributed by atoms with E-state index in [4.69, 9.17) is 0 Å². The molecule has 41 heavy (non-hydrogen) atoms. The lowest BCUT2D eigenvalue weighted by Gasteiger charge is -2.33. The Labute approximate surface area is 252 Å². The van der Waals surface area contributed by atoms with Crippen LogP contribution in [0.15, 0.2) is 82.2 Å². The second-order valence-electron chi connectivity index (χ2n) is 10.8. The van der Waals surface area contributed by atoms with Crippen LogP contribution in [0.25, 0.3) is 0 Å². The van der Waals surface area contributed by atoms with E-state index in [1.165, 1.54) is 11.3 Å². The first-order chi connectivity index (χ1) is 19.5. The van der Waals surface area contributed by atoms with Crippen molar-refractivity contribution in [1.29, 1.82) is 0 Å². The van der Waals surface area contributed by atoms with Crippen LogP contribution in [0.1, 0.15) is 55.7 Å². The quantitative estimate of drug-likeness (QED) is 0.289. The van der Waals surface area contributed by atoms with Gasteiger partial charge in [0.2, 0.25) is 11.8 Å². The topological polar surface area (TPSA) is 86.8 Å². The smallest absolute Gasteiger partial charge is 0.264 e. The van der Waals surface area contributed by atoms with Gasteiger partial charge < -0.3 is 10.2 Å². The Hall–Kier alpha value is -3.17. The van der Waals surface area contributed by atoms with Crippen LogP contribution in [-0.4, -0.2) is 43.8 Å². The minimum Gasteiger partial charge on any atom is -0.352 e. The van der Waals surface area contributed by atoms with Crippen molar-refractivity contribution >= 4 is 43.5 Å². The molecule has 1 atom stereocenters. The van der Waals surface area contributed by atoms with Crippen molar-refractivity contribution in [3.63, 3.8) is 0 Å². The van der Waals surface area contributed by atoms with E-state index in [9.17, 15) is 18.0 Å². The number of hydrogen-bond donors (Lipinski definition) is 1. The summed E-state index contributed by atoms with van der Waals surface area (Å²) in [5, 5.41) is 3.13. The lowest BCUT2D eigenvalue weighted by atomic mass is 9.95. The van der Waals surface area contributed by atoms with Gasteiger partial charge in [-0.3, -0.25) is 13.9 Å². The second kappa shape index (κ2) is 13.7. The highest BCUT2D eigenvalue weighted by Crippen LogP contribution is 2.27. The van der Waals surface area contributed by atoms with Crippen molar-refractivity contribution in [3.05, 3.63) is 94.0 Å². The molecule has 0 bridgehead atoms. The van der Waals surface area contributed by atoms with Crippen molar-refractivity contribution in [2.24, 2.45) is 0 Å². The maximum absolute atomic E-state index is 14.1. The first-order valence-corrected chi connectivity index (χ1v) is 16.3. The molecule has 0 aromatic heterocycles. The van der Waals surface area contributed by atoms with E-state index in [2.05, 4.69) is 21.2 Å². The van der Waals surface area contributed by atoms with E-state index in [1.807, 2.05) is 38.1 Å². The summed E-state index contributed by atoms with van der Waals surface area (Å²) in [6.45, 7) is 5.28. The first kappa shape index (κ1) is 30.8. The van der Waals surface area contributed by atoms with Crippen molar-refractivity contribution in [1.82, 2.24) is 10.2 Å². The van der Waals surface area contributed by atoms with E-state index in [0.29, 0.717) is 10.2 Å². The fourth-order valence-electron chi connectivity index (χ4n) is 5.16. The van der Waals surface area contributed by atoms with E-state index < -0.39 is 28.5 Å². The number of halogens is 1. The van der Waals surface area contributed by atoms with Crippen molar-refractivity contribution in [2.75, 3.05) is 10.8 Å². The Morgan fingerprint density at radius 2 is 1.61 bits per heavy atom. The predicted molar refractivity (Wildman–Crippen MR) is 166 cm³/mol. The van der Waals surface area contributed by atoms with E-state index in [0.717, 1.165) is 46.7 Å². The number of rotatable bonds is 10. The van der Waals surface area contributed by atoms with Crippen molar-refractivity contribution in [3.8, 4) is 0 Å². The summed E-state index contributed by atoms with van der Waals surface area (Å²) >= 11 is 3.43. The van der Waals surface area contributed by atoms with Crippen LogP contribution >= 0.6 is 15.9 Å². The molecule has 4 rings (SSSR count). The van der Waals surface area contributed by atoms with Crippen LogP contribution in [0.5, 0.6) is 0 Å².